The average molecular weight is 552 g/mol. The smallest absolute Gasteiger partial charge is 0.445 e. The van der Waals surface area contributed by atoms with Gasteiger partial charge in [-0.05, 0) is 41.9 Å². The van der Waals surface area contributed by atoms with Crippen molar-refractivity contribution in [3.05, 3.63) is 89.2 Å². The van der Waals surface area contributed by atoms with Gasteiger partial charge in [0.1, 0.15) is 33.6 Å². The van der Waals surface area contributed by atoms with Crippen molar-refractivity contribution in [3.63, 3.8) is 0 Å². The van der Waals surface area contributed by atoms with Gasteiger partial charge in [-0.2, -0.15) is 0 Å². The zero-order valence-electron chi connectivity index (χ0n) is 19.0. The molecule has 0 amide bonds. The molecule has 3 aromatic carbocycles. The number of hydrogen-bond donors (Lipinski definition) is 0. The predicted molar refractivity (Wildman–Crippen MR) is 121 cm³/mol. The number of carbonyl (C=O) groups is 2. The zero-order chi connectivity index (χ0) is 28.1. The van der Waals surface area contributed by atoms with Crippen LogP contribution >= 0.6 is 0 Å². The van der Waals surface area contributed by atoms with E-state index in [1.165, 1.54) is 6.92 Å². The van der Waals surface area contributed by atoms with Gasteiger partial charge in [0, 0.05) is 12.5 Å². The van der Waals surface area contributed by atoms with E-state index in [9.17, 15) is 48.7 Å². The maximum atomic E-state index is 12.7. The fourth-order valence-corrected chi connectivity index (χ4v) is 4.48. The molecule has 0 radical (unpaired) electrons. The summed E-state index contributed by atoms with van der Waals surface area (Å²) in [5.41, 5.74) is -2.28. The molecule has 0 spiro atoms. The third-order valence-electron chi connectivity index (χ3n) is 4.66. The summed E-state index contributed by atoms with van der Waals surface area (Å²) in [6.07, 6.45) is 1.59. The second-order valence-electron chi connectivity index (χ2n) is 7.56. The van der Waals surface area contributed by atoms with Gasteiger partial charge < -0.3 is 17.7 Å². The number of esters is 1. The lowest BCUT2D eigenvalue weighted by Crippen LogP contribution is -2.41. The van der Waals surface area contributed by atoms with Crippen molar-refractivity contribution in [2.45, 2.75) is 11.8 Å². The fourth-order valence-electron chi connectivity index (χ4n) is 2.91. The molecule has 0 heterocycles. The van der Waals surface area contributed by atoms with Gasteiger partial charge in [0.15, 0.2) is 28.1 Å². The molecule has 0 aliphatic heterocycles. The molecule has 4 nitrogen and oxygen atoms in total. The molecule has 14 heteroatoms. The first-order valence-electron chi connectivity index (χ1n) is 10.1. The van der Waals surface area contributed by atoms with E-state index in [4.69, 9.17) is 4.74 Å². The van der Waals surface area contributed by atoms with E-state index in [1.54, 1.807) is 54.8 Å². The minimum atomic E-state index is -6.30. The van der Waals surface area contributed by atoms with Gasteiger partial charge in [-0.25, -0.2) is 22.0 Å². The number of ether oxygens (including phenoxy) is 1. The van der Waals surface area contributed by atoms with Crippen LogP contribution in [0.3, 0.4) is 0 Å². The molecule has 37 heavy (non-hydrogen) atoms. The third-order valence-corrected chi connectivity index (χ3v) is 6.74. The van der Waals surface area contributed by atoms with Crippen molar-refractivity contribution in [3.8, 4) is 5.75 Å². The second kappa shape index (κ2) is 11.7. The number of carbonyl (C=O) groups excluding carboxylic acids is 2. The molecule has 0 aromatic heterocycles. The fraction of sp³-hybridized carbons (Fsp3) is 0.130. The summed E-state index contributed by atoms with van der Waals surface area (Å²) in [6, 6.07) is 15.2. The van der Waals surface area contributed by atoms with Crippen molar-refractivity contribution in [2.75, 3.05) is 12.0 Å². The standard InChI is InChI=1S/C17H17O4S.C6BF8/c1-13(18)21-15-10-8-14(9-11-15)17(19)12-22(2,20)16-6-4-3-5-7-16;8-2-1(7(13,14)15)3(9)5(11)6(12)4(2)10/h3-11H,12H2,1-2H3;/q+1;-1. The van der Waals surface area contributed by atoms with Gasteiger partial charge in [0.2, 0.25) is 5.78 Å². The molecular weight excluding hydrogens is 535 g/mol. The number of rotatable bonds is 6. The van der Waals surface area contributed by atoms with E-state index in [0.717, 1.165) is 0 Å². The molecule has 1 unspecified atom stereocenters. The molecule has 1 atom stereocenters. The first-order chi connectivity index (χ1) is 17.1. The van der Waals surface area contributed by atoms with Crippen LogP contribution in [0.4, 0.5) is 34.9 Å². The maximum absolute atomic E-state index is 12.7. The number of hydrogen-bond acceptors (Lipinski definition) is 4. The summed E-state index contributed by atoms with van der Waals surface area (Å²) in [5.74, 6) is -13.9. The molecule has 0 fully saturated rings. The van der Waals surface area contributed by atoms with Gasteiger partial charge in [-0.15, -0.1) is 0 Å². The second-order valence-corrected chi connectivity index (χ2v) is 10.3. The van der Waals surface area contributed by atoms with E-state index in [1.807, 2.05) is 6.07 Å². The minimum absolute atomic E-state index is 0.0517. The van der Waals surface area contributed by atoms with Crippen LogP contribution in [0.5, 0.6) is 5.75 Å². The summed E-state index contributed by atoms with van der Waals surface area (Å²) in [5, 5.41) is 0. The van der Waals surface area contributed by atoms with Gasteiger partial charge in [0.05, 0.1) is 0 Å². The van der Waals surface area contributed by atoms with E-state index >= 15 is 0 Å². The highest BCUT2D eigenvalue weighted by Crippen LogP contribution is 2.22. The minimum Gasteiger partial charge on any atom is -0.445 e. The highest BCUT2D eigenvalue weighted by Gasteiger charge is 2.38. The predicted octanol–water partition coefficient (Wildman–Crippen LogP) is 5.42. The monoisotopic (exact) mass is 552 g/mol. The highest BCUT2D eigenvalue weighted by atomic mass is 32.2. The van der Waals surface area contributed by atoms with Gasteiger partial charge in [0.25, 0.3) is 0 Å². The Balaban J connectivity index is 0.000000281. The first-order valence-corrected chi connectivity index (χ1v) is 12.2. The van der Waals surface area contributed by atoms with Crippen LogP contribution in [-0.4, -0.2) is 30.7 Å². The molecule has 0 N–H and O–H groups in total. The Morgan fingerprint density at radius 1 is 0.784 bits per heavy atom. The number of ketones is 1. The first kappa shape index (κ1) is 29.7. The Bertz CT molecular complexity index is 1320. The van der Waals surface area contributed by atoms with E-state index in [2.05, 4.69) is 0 Å². The van der Waals surface area contributed by atoms with Gasteiger partial charge in [-0.1, -0.05) is 22.4 Å². The lowest BCUT2D eigenvalue weighted by Gasteiger charge is -2.17. The quantitative estimate of drug-likeness (QED) is 0.0600. The Morgan fingerprint density at radius 2 is 1.24 bits per heavy atom. The molecule has 0 bridgehead atoms. The van der Waals surface area contributed by atoms with Crippen LogP contribution in [-0.2, 0) is 18.9 Å². The Kier molecular flexibility index (Phi) is 9.36. The van der Waals surface area contributed by atoms with E-state index < -0.39 is 57.4 Å². The molecule has 0 saturated carbocycles. The van der Waals surface area contributed by atoms with Gasteiger partial charge >= 0.3 is 12.9 Å². The number of Topliss-reactive ketones (excluding diaryl/α,β-unsaturated/α-hetero) is 1. The van der Waals surface area contributed by atoms with Crippen molar-refractivity contribution < 1.29 is 53.4 Å². The van der Waals surface area contributed by atoms with Crippen LogP contribution in [0, 0.1) is 29.1 Å². The molecule has 0 aliphatic rings. The summed E-state index contributed by atoms with van der Waals surface area (Å²) >= 11 is 0. The summed E-state index contributed by atoms with van der Waals surface area (Å²) in [7, 11) is -2.42. The summed E-state index contributed by atoms with van der Waals surface area (Å²) in [4.78, 5) is 23.8. The Morgan fingerprint density at radius 3 is 1.68 bits per heavy atom. The lowest BCUT2D eigenvalue weighted by molar-refractivity contribution is -0.131. The Hall–Kier alpha value is -3.55. The average Bonchev–Trinajstić information content (AvgIpc) is 2.81. The molecular formula is C23H17BF8O4S. The van der Waals surface area contributed by atoms with Crippen molar-refractivity contribution in [2.24, 2.45) is 0 Å². The molecule has 3 rings (SSSR count). The normalized spacial score (nSPS) is 12.7. The van der Waals surface area contributed by atoms with E-state index in [0.29, 0.717) is 16.2 Å². The largest absolute Gasteiger partial charge is 0.515 e. The number of halogens is 8. The third kappa shape index (κ3) is 7.48. The molecule has 0 saturated heterocycles. The van der Waals surface area contributed by atoms with Crippen LogP contribution in [0.25, 0.3) is 0 Å². The lowest BCUT2D eigenvalue weighted by atomic mass is 9.79. The van der Waals surface area contributed by atoms with Gasteiger partial charge in [-0.3, -0.25) is 9.59 Å². The van der Waals surface area contributed by atoms with Crippen molar-refractivity contribution >= 4 is 34.1 Å². The summed E-state index contributed by atoms with van der Waals surface area (Å²) in [6.45, 7) is -4.99. The van der Waals surface area contributed by atoms with Crippen LogP contribution in [0.1, 0.15) is 17.3 Å². The SMILES string of the molecule is CC(=O)Oc1ccc(C(=O)C[S+](C)(=O)c2ccccc2)cc1.Fc1c(F)c(F)c([B-](F)(F)F)c(F)c1F. The van der Waals surface area contributed by atoms with Crippen molar-refractivity contribution in [1.82, 2.24) is 0 Å². The van der Waals surface area contributed by atoms with E-state index in [-0.39, 0.29) is 11.5 Å². The molecule has 198 valence electrons. The van der Waals surface area contributed by atoms with Crippen LogP contribution < -0.4 is 10.2 Å². The zero-order valence-corrected chi connectivity index (χ0v) is 19.9. The van der Waals surface area contributed by atoms with Crippen molar-refractivity contribution in [1.29, 1.82) is 0 Å². The Labute approximate surface area is 206 Å². The topological polar surface area (TPSA) is 60.4 Å². The summed E-state index contributed by atoms with van der Waals surface area (Å²) < 4.78 is 115. The molecule has 3 aromatic rings. The maximum Gasteiger partial charge on any atom is 0.515 e. The highest BCUT2D eigenvalue weighted by molar-refractivity contribution is 8.03. The molecule has 0 aliphatic carbocycles. The number of benzene rings is 3. The van der Waals surface area contributed by atoms with Crippen LogP contribution in [0.2, 0.25) is 0 Å². The van der Waals surface area contributed by atoms with Crippen LogP contribution in [0.15, 0.2) is 59.5 Å².